The van der Waals surface area contributed by atoms with Gasteiger partial charge in [0.1, 0.15) is 9.90 Å². The molecule has 6 nitrogen and oxygen atoms in total. The van der Waals surface area contributed by atoms with Crippen molar-refractivity contribution in [3.05, 3.63) is 0 Å². The standard InChI is InChI=1S/C10H19N3O3S2/c1-7(2)16-6-5-13(3)10-8(18(4,14)15)9(11)12-17-10/h7H,5-6H2,1-4H3,(H2,11,12). The number of likely N-dealkylation sites (N-methyl/N-ethyl adjacent to an activating group) is 1. The summed E-state index contributed by atoms with van der Waals surface area (Å²) in [5.41, 5.74) is 5.60. The molecule has 0 radical (unpaired) electrons. The maximum Gasteiger partial charge on any atom is 0.182 e. The molecule has 104 valence electrons. The van der Waals surface area contributed by atoms with Crippen molar-refractivity contribution in [2.75, 3.05) is 37.1 Å². The van der Waals surface area contributed by atoms with Gasteiger partial charge >= 0.3 is 0 Å². The van der Waals surface area contributed by atoms with Crippen LogP contribution in [-0.4, -0.2) is 45.4 Å². The van der Waals surface area contributed by atoms with E-state index in [9.17, 15) is 8.42 Å². The molecule has 0 spiro atoms. The first-order chi connectivity index (χ1) is 8.23. The van der Waals surface area contributed by atoms with E-state index in [-0.39, 0.29) is 16.8 Å². The van der Waals surface area contributed by atoms with E-state index in [0.717, 1.165) is 17.8 Å². The summed E-state index contributed by atoms with van der Waals surface area (Å²) < 4.78 is 32.6. The lowest BCUT2D eigenvalue weighted by molar-refractivity contribution is 0.0846. The zero-order valence-electron chi connectivity index (χ0n) is 11.0. The van der Waals surface area contributed by atoms with Gasteiger partial charge in [0, 0.05) is 19.8 Å². The van der Waals surface area contributed by atoms with E-state index in [2.05, 4.69) is 4.37 Å². The summed E-state index contributed by atoms with van der Waals surface area (Å²) in [4.78, 5) is 1.91. The highest BCUT2D eigenvalue weighted by atomic mass is 32.2. The molecule has 8 heteroatoms. The third-order valence-corrected chi connectivity index (χ3v) is 4.50. The second-order valence-electron chi connectivity index (χ2n) is 4.32. The minimum Gasteiger partial charge on any atom is -0.382 e. The first-order valence-electron chi connectivity index (χ1n) is 5.51. The molecule has 0 amide bonds. The minimum absolute atomic E-state index is 0.0640. The minimum atomic E-state index is -3.37. The lowest BCUT2D eigenvalue weighted by Crippen LogP contribution is -2.24. The Labute approximate surface area is 112 Å². The number of sulfone groups is 1. The van der Waals surface area contributed by atoms with Gasteiger partial charge in [-0.25, -0.2) is 8.42 Å². The number of rotatable bonds is 6. The van der Waals surface area contributed by atoms with Crippen LogP contribution in [0.2, 0.25) is 0 Å². The van der Waals surface area contributed by atoms with Crippen LogP contribution in [0.3, 0.4) is 0 Å². The zero-order valence-corrected chi connectivity index (χ0v) is 12.6. The highest BCUT2D eigenvalue weighted by Gasteiger charge is 2.23. The summed E-state index contributed by atoms with van der Waals surface area (Å²) in [6.45, 7) is 5.01. The Morgan fingerprint density at radius 3 is 2.61 bits per heavy atom. The van der Waals surface area contributed by atoms with Crippen LogP contribution in [0.25, 0.3) is 0 Å². The van der Waals surface area contributed by atoms with Gasteiger partial charge in [-0.2, -0.15) is 4.37 Å². The molecule has 1 rings (SSSR count). The number of nitrogens with zero attached hydrogens (tertiary/aromatic N) is 2. The molecule has 0 saturated heterocycles. The Morgan fingerprint density at radius 2 is 2.11 bits per heavy atom. The van der Waals surface area contributed by atoms with Crippen molar-refractivity contribution in [2.45, 2.75) is 24.8 Å². The molecule has 2 N–H and O–H groups in total. The average molecular weight is 293 g/mol. The SMILES string of the molecule is CC(C)OCCN(C)c1snc(N)c1S(C)(=O)=O. The molecular weight excluding hydrogens is 274 g/mol. The molecule has 0 bridgehead atoms. The van der Waals surface area contributed by atoms with Gasteiger partial charge in [-0.15, -0.1) is 0 Å². The molecule has 0 aliphatic rings. The zero-order chi connectivity index (χ0) is 13.9. The number of anilines is 2. The molecule has 0 unspecified atom stereocenters. The van der Waals surface area contributed by atoms with Crippen molar-refractivity contribution in [2.24, 2.45) is 0 Å². The Kier molecular flexibility index (Phi) is 4.94. The second-order valence-corrected chi connectivity index (χ2v) is 7.02. The summed E-state index contributed by atoms with van der Waals surface area (Å²) in [6, 6.07) is 0. The third-order valence-electron chi connectivity index (χ3n) is 2.25. The van der Waals surface area contributed by atoms with E-state index in [1.807, 2.05) is 13.8 Å². The summed E-state index contributed by atoms with van der Waals surface area (Å²) in [7, 11) is -1.57. The molecule has 1 aromatic rings. The quantitative estimate of drug-likeness (QED) is 0.842. The van der Waals surface area contributed by atoms with Crippen molar-refractivity contribution in [3.63, 3.8) is 0 Å². The third kappa shape index (κ3) is 3.82. The van der Waals surface area contributed by atoms with Gasteiger partial charge in [-0.3, -0.25) is 0 Å². The summed E-state index contributed by atoms with van der Waals surface area (Å²) in [6.07, 6.45) is 1.29. The van der Waals surface area contributed by atoms with Crippen LogP contribution in [0.1, 0.15) is 13.8 Å². The van der Waals surface area contributed by atoms with Crippen molar-refractivity contribution in [1.82, 2.24) is 4.37 Å². The largest absolute Gasteiger partial charge is 0.382 e. The smallest absolute Gasteiger partial charge is 0.182 e. The first kappa shape index (κ1) is 15.2. The van der Waals surface area contributed by atoms with E-state index in [1.165, 1.54) is 0 Å². The van der Waals surface area contributed by atoms with E-state index in [4.69, 9.17) is 10.5 Å². The van der Waals surface area contributed by atoms with Crippen LogP contribution in [0.4, 0.5) is 10.8 Å². The Hall–Kier alpha value is -0.860. The van der Waals surface area contributed by atoms with E-state index in [0.29, 0.717) is 18.2 Å². The number of nitrogen functional groups attached to an aromatic ring is 1. The van der Waals surface area contributed by atoms with Crippen molar-refractivity contribution in [3.8, 4) is 0 Å². The maximum absolute atomic E-state index is 11.7. The fraction of sp³-hybridized carbons (Fsp3) is 0.700. The highest BCUT2D eigenvalue weighted by Crippen LogP contribution is 2.33. The van der Waals surface area contributed by atoms with Crippen LogP contribution in [0.15, 0.2) is 4.90 Å². The number of hydrogen-bond acceptors (Lipinski definition) is 7. The topological polar surface area (TPSA) is 85.5 Å². The number of nitrogens with two attached hydrogens (primary N) is 1. The molecule has 0 aromatic carbocycles. The lowest BCUT2D eigenvalue weighted by Gasteiger charge is -2.18. The summed E-state index contributed by atoms with van der Waals surface area (Å²) in [5, 5.41) is 0.558. The average Bonchev–Trinajstić information content (AvgIpc) is 2.58. The lowest BCUT2D eigenvalue weighted by atomic mass is 10.5. The molecule has 0 fully saturated rings. The molecule has 0 aliphatic carbocycles. The van der Waals surface area contributed by atoms with Crippen LogP contribution in [0.5, 0.6) is 0 Å². The fourth-order valence-corrected chi connectivity index (χ4v) is 3.62. The van der Waals surface area contributed by atoms with E-state index in [1.54, 1.807) is 11.9 Å². The van der Waals surface area contributed by atoms with Gasteiger partial charge in [0.2, 0.25) is 0 Å². The molecular formula is C10H19N3O3S2. The van der Waals surface area contributed by atoms with Gasteiger partial charge in [0.25, 0.3) is 0 Å². The van der Waals surface area contributed by atoms with E-state index < -0.39 is 9.84 Å². The first-order valence-corrected chi connectivity index (χ1v) is 8.18. The van der Waals surface area contributed by atoms with Gasteiger partial charge < -0.3 is 15.4 Å². The second kappa shape index (κ2) is 5.85. The Morgan fingerprint density at radius 1 is 1.50 bits per heavy atom. The van der Waals surface area contributed by atoms with Crippen LogP contribution < -0.4 is 10.6 Å². The number of hydrogen-bond donors (Lipinski definition) is 1. The highest BCUT2D eigenvalue weighted by molar-refractivity contribution is 7.91. The van der Waals surface area contributed by atoms with Crippen molar-refractivity contribution < 1.29 is 13.2 Å². The van der Waals surface area contributed by atoms with Gasteiger partial charge in [-0.1, -0.05) is 0 Å². The molecule has 0 aliphatic heterocycles. The molecule has 0 saturated carbocycles. The van der Waals surface area contributed by atoms with Crippen molar-refractivity contribution in [1.29, 1.82) is 0 Å². The van der Waals surface area contributed by atoms with Gasteiger partial charge in [0.05, 0.1) is 12.7 Å². The van der Waals surface area contributed by atoms with Crippen LogP contribution in [-0.2, 0) is 14.6 Å². The molecule has 1 aromatic heterocycles. The number of ether oxygens (including phenoxy) is 1. The molecule has 1 heterocycles. The summed E-state index contributed by atoms with van der Waals surface area (Å²) >= 11 is 1.09. The van der Waals surface area contributed by atoms with Crippen molar-refractivity contribution >= 4 is 32.2 Å². The van der Waals surface area contributed by atoms with Crippen LogP contribution in [0, 0.1) is 0 Å². The molecule has 0 atom stereocenters. The Bertz CT molecular complexity index is 496. The Balaban J connectivity index is 2.84. The predicted octanol–water partition coefficient (Wildman–Crippen LogP) is 0.990. The summed E-state index contributed by atoms with van der Waals surface area (Å²) in [5.74, 6) is 0.0640. The predicted molar refractivity (Wildman–Crippen MR) is 74.0 cm³/mol. The monoisotopic (exact) mass is 293 g/mol. The maximum atomic E-state index is 11.7. The fourth-order valence-electron chi connectivity index (χ4n) is 1.40. The number of aromatic nitrogens is 1. The molecule has 18 heavy (non-hydrogen) atoms. The van der Waals surface area contributed by atoms with E-state index >= 15 is 0 Å². The normalized spacial score (nSPS) is 12.1. The van der Waals surface area contributed by atoms with Gasteiger partial charge in [-0.05, 0) is 25.4 Å². The van der Waals surface area contributed by atoms with Gasteiger partial charge in [0.15, 0.2) is 15.7 Å². The van der Waals surface area contributed by atoms with Crippen LogP contribution >= 0.6 is 11.5 Å².